The predicted molar refractivity (Wildman–Crippen MR) is 99.1 cm³/mol. The Labute approximate surface area is 149 Å². The molecule has 0 bridgehead atoms. The van der Waals surface area contributed by atoms with E-state index >= 15 is 0 Å². The van der Waals surface area contributed by atoms with E-state index in [4.69, 9.17) is 10.5 Å². The van der Waals surface area contributed by atoms with Gasteiger partial charge >= 0.3 is 5.97 Å². The first-order valence-electron chi connectivity index (χ1n) is 8.05. The second-order valence-electron chi connectivity index (χ2n) is 5.97. The molecule has 3 N–H and O–H groups in total. The molecule has 0 atom stereocenters. The van der Waals surface area contributed by atoms with Crippen molar-refractivity contribution in [1.29, 1.82) is 0 Å². The molecule has 4 aromatic rings. The van der Waals surface area contributed by atoms with Crippen LogP contribution in [0.2, 0.25) is 0 Å². The molecule has 4 rings (SSSR count). The number of aromatic amines is 1. The fourth-order valence-electron chi connectivity index (χ4n) is 2.94. The van der Waals surface area contributed by atoms with Crippen LogP contribution in [0.4, 0.5) is 5.82 Å². The fraction of sp³-hybridized carbons (Fsp3) is 0.105. The lowest BCUT2D eigenvalue weighted by Gasteiger charge is -2.04. The van der Waals surface area contributed by atoms with Crippen molar-refractivity contribution >= 4 is 22.7 Å². The van der Waals surface area contributed by atoms with Crippen LogP contribution in [-0.4, -0.2) is 32.8 Å². The van der Waals surface area contributed by atoms with Gasteiger partial charge in [-0.25, -0.2) is 14.5 Å². The molecule has 0 spiro atoms. The van der Waals surface area contributed by atoms with Gasteiger partial charge in [-0.2, -0.15) is 5.10 Å². The van der Waals surface area contributed by atoms with Crippen molar-refractivity contribution in [1.82, 2.24) is 19.7 Å². The molecule has 0 saturated carbocycles. The highest BCUT2D eigenvalue weighted by atomic mass is 16.5. The van der Waals surface area contributed by atoms with E-state index in [2.05, 4.69) is 15.1 Å². The van der Waals surface area contributed by atoms with Crippen LogP contribution >= 0.6 is 0 Å². The third-order valence-electron chi connectivity index (χ3n) is 4.25. The van der Waals surface area contributed by atoms with Crippen LogP contribution in [0.3, 0.4) is 0 Å². The summed E-state index contributed by atoms with van der Waals surface area (Å²) in [5.74, 6) is -0.119. The van der Waals surface area contributed by atoms with Gasteiger partial charge in [0, 0.05) is 29.0 Å². The number of pyridine rings is 1. The molecular weight excluding hydrogens is 330 g/mol. The number of fused-ring (bicyclic) bond motifs is 1. The van der Waals surface area contributed by atoms with Gasteiger partial charge in [0.1, 0.15) is 5.82 Å². The third-order valence-corrected chi connectivity index (χ3v) is 4.25. The van der Waals surface area contributed by atoms with E-state index < -0.39 is 5.97 Å². The maximum atomic E-state index is 12.0. The molecule has 0 radical (unpaired) electrons. The van der Waals surface area contributed by atoms with E-state index in [0.29, 0.717) is 22.3 Å². The molecule has 26 heavy (non-hydrogen) atoms. The molecule has 7 heteroatoms. The van der Waals surface area contributed by atoms with Gasteiger partial charge in [0.15, 0.2) is 0 Å². The van der Waals surface area contributed by atoms with Crippen molar-refractivity contribution in [3.05, 3.63) is 60.0 Å². The van der Waals surface area contributed by atoms with Crippen molar-refractivity contribution in [3.8, 4) is 16.9 Å². The molecule has 0 fully saturated rings. The van der Waals surface area contributed by atoms with Gasteiger partial charge in [0.25, 0.3) is 0 Å². The van der Waals surface area contributed by atoms with Gasteiger partial charge in [-0.1, -0.05) is 12.1 Å². The van der Waals surface area contributed by atoms with Gasteiger partial charge in [-0.05, 0) is 31.2 Å². The number of nitrogens with two attached hydrogens (primary N) is 1. The Hall–Kier alpha value is -3.61. The number of anilines is 1. The van der Waals surface area contributed by atoms with E-state index in [1.807, 2.05) is 54.2 Å². The Bertz CT molecular complexity index is 1130. The lowest BCUT2D eigenvalue weighted by atomic mass is 10.1. The van der Waals surface area contributed by atoms with E-state index in [0.717, 1.165) is 22.6 Å². The van der Waals surface area contributed by atoms with Gasteiger partial charge in [0.05, 0.1) is 29.6 Å². The summed E-state index contributed by atoms with van der Waals surface area (Å²) in [4.78, 5) is 19.3. The number of carbonyl (C=O) groups is 1. The number of ether oxygens (including phenoxy) is 1. The second kappa shape index (κ2) is 6.03. The number of hydrogen-bond acceptors (Lipinski definition) is 5. The molecule has 130 valence electrons. The second-order valence-corrected chi connectivity index (χ2v) is 5.97. The molecule has 3 heterocycles. The Morgan fingerprint density at radius 1 is 1.27 bits per heavy atom. The molecule has 7 nitrogen and oxygen atoms in total. The van der Waals surface area contributed by atoms with Crippen molar-refractivity contribution in [2.45, 2.75) is 6.92 Å². The summed E-state index contributed by atoms with van der Waals surface area (Å²) in [7, 11) is 1.34. The summed E-state index contributed by atoms with van der Waals surface area (Å²) in [6.45, 7) is 1.95. The molecule has 0 aliphatic heterocycles. The minimum atomic E-state index is -0.450. The largest absolute Gasteiger partial charge is 0.465 e. The minimum absolute atomic E-state index is 0.331. The van der Waals surface area contributed by atoms with Gasteiger partial charge in [-0.3, -0.25) is 0 Å². The van der Waals surface area contributed by atoms with E-state index in [1.54, 1.807) is 0 Å². The summed E-state index contributed by atoms with van der Waals surface area (Å²) in [6.07, 6.45) is 3.35. The average Bonchev–Trinajstić information content (AvgIpc) is 3.29. The predicted octanol–water partition coefficient (Wildman–Crippen LogP) is 3.09. The molecule has 0 aliphatic carbocycles. The molecule has 0 saturated heterocycles. The van der Waals surface area contributed by atoms with Crippen LogP contribution in [0.5, 0.6) is 0 Å². The van der Waals surface area contributed by atoms with E-state index in [9.17, 15) is 4.79 Å². The van der Waals surface area contributed by atoms with Gasteiger partial charge < -0.3 is 15.5 Å². The first-order valence-corrected chi connectivity index (χ1v) is 8.05. The average molecular weight is 347 g/mol. The Morgan fingerprint density at radius 3 is 2.85 bits per heavy atom. The summed E-state index contributed by atoms with van der Waals surface area (Å²) in [6, 6.07) is 11.8. The molecule has 3 aromatic heterocycles. The summed E-state index contributed by atoms with van der Waals surface area (Å²) >= 11 is 0. The number of aryl methyl sites for hydroxylation is 1. The number of esters is 1. The van der Waals surface area contributed by atoms with E-state index in [1.165, 1.54) is 13.3 Å². The van der Waals surface area contributed by atoms with Crippen molar-refractivity contribution in [3.63, 3.8) is 0 Å². The number of methoxy groups -OCH3 is 1. The van der Waals surface area contributed by atoms with E-state index in [-0.39, 0.29) is 0 Å². The van der Waals surface area contributed by atoms with Crippen molar-refractivity contribution in [2.24, 2.45) is 0 Å². The Kier molecular flexibility index (Phi) is 3.69. The number of aromatic nitrogens is 4. The van der Waals surface area contributed by atoms with Crippen molar-refractivity contribution in [2.75, 3.05) is 12.8 Å². The van der Waals surface area contributed by atoms with Crippen LogP contribution in [0.25, 0.3) is 27.8 Å². The third kappa shape index (κ3) is 2.59. The molecule has 0 aliphatic rings. The molecular formula is C19H17N5O2. The standard InChI is InChI=1S/C19H17N5O2/c1-11-6-7-24(23-11)13-5-3-4-12(8-13)16-9-14-15(19(25)26-2)10-21-18(20)17(14)22-16/h3-10,22H,1-2H3,(H2,20,21). The Morgan fingerprint density at radius 2 is 2.12 bits per heavy atom. The number of nitrogens with zero attached hydrogens (tertiary/aromatic N) is 3. The Balaban J connectivity index is 1.85. The molecule has 0 unspecified atom stereocenters. The summed E-state index contributed by atoms with van der Waals surface area (Å²) in [5, 5.41) is 5.12. The number of benzene rings is 1. The first kappa shape index (κ1) is 15.9. The fourth-order valence-corrected chi connectivity index (χ4v) is 2.94. The normalized spacial score (nSPS) is 11.0. The lowest BCUT2D eigenvalue weighted by Crippen LogP contribution is -2.03. The van der Waals surface area contributed by atoms with Crippen molar-refractivity contribution < 1.29 is 9.53 Å². The number of H-pyrrole nitrogens is 1. The first-order chi connectivity index (χ1) is 12.6. The SMILES string of the molecule is COC(=O)c1cnc(N)c2[nH]c(-c3cccc(-n4ccc(C)n4)c3)cc12. The zero-order valence-electron chi connectivity index (χ0n) is 14.4. The van der Waals surface area contributed by atoms with Crippen LogP contribution in [0, 0.1) is 6.92 Å². The van der Waals surface area contributed by atoms with Crippen LogP contribution in [0.1, 0.15) is 16.1 Å². The number of hydrogen-bond donors (Lipinski definition) is 2. The summed E-state index contributed by atoms with van der Waals surface area (Å²) in [5.41, 5.74) is 10.6. The van der Waals surface area contributed by atoms with Crippen LogP contribution < -0.4 is 5.73 Å². The minimum Gasteiger partial charge on any atom is -0.465 e. The maximum absolute atomic E-state index is 12.0. The smallest absolute Gasteiger partial charge is 0.340 e. The highest BCUT2D eigenvalue weighted by Crippen LogP contribution is 2.30. The highest BCUT2D eigenvalue weighted by Gasteiger charge is 2.16. The quantitative estimate of drug-likeness (QED) is 0.555. The molecule has 1 aromatic carbocycles. The maximum Gasteiger partial charge on any atom is 0.340 e. The number of carbonyl (C=O) groups excluding carboxylic acids is 1. The van der Waals surface area contributed by atoms with Crippen LogP contribution in [0.15, 0.2) is 48.8 Å². The summed E-state index contributed by atoms with van der Waals surface area (Å²) < 4.78 is 6.65. The highest BCUT2D eigenvalue weighted by molar-refractivity contribution is 6.07. The lowest BCUT2D eigenvalue weighted by molar-refractivity contribution is 0.0602. The van der Waals surface area contributed by atoms with Gasteiger partial charge in [-0.15, -0.1) is 0 Å². The number of rotatable bonds is 3. The molecule has 0 amide bonds. The van der Waals surface area contributed by atoms with Gasteiger partial charge in [0.2, 0.25) is 0 Å². The monoisotopic (exact) mass is 347 g/mol. The zero-order valence-corrected chi connectivity index (χ0v) is 14.4. The topological polar surface area (TPSA) is 98.8 Å². The zero-order chi connectivity index (χ0) is 18.3. The number of nitrogens with one attached hydrogen (secondary N) is 1. The van der Waals surface area contributed by atoms with Crippen LogP contribution in [-0.2, 0) is 4.74 Å². The number of nitrogen functional groups attached to an aromatic ring is 1.